The van der Waals surface area contributed by atoms with Gasteiger partial charge in [0.1, 0.15) is 24.1 Å². The molecule has 25 heavy (non-hydrogen) atoms. The molecular weight excluding hydrogens is 388 g/mol. The van der Waals surface area contributed by atoms with E-state index in [4.69, 9.17) is 25.2 Å². The molecule has 0 bridgehead atoms. The molecule has 0 amide bonds. The number of aliphatic hydroxyl groups excluding tert-OH is 2. The SMILES string of the molecule is Nc1ccn([C@@H]2O[C@H](COP(=O)(O)OP(=O)(O)O)[C@H](O)[C@@H]2O)c(=O)n1. The summed E-state index contributed by atoms with van der Waals surface area (Å²) in [5, 5.41) is 19.8. The smallest absolute Gasteiger partial charge is 0.387 e. The second kappa shape index (κ2) is 7.21. The van der Waals surface area contributed by atoms with Crippen LogP contribution in [-0.2, 0) is 22.7 Å². The van der Waals surface area contributed by atoms with E-state index in [1.165, 1.54) is 6.07 Å². The highest BCUT2D eigenvalue weighted by molar-refractivity contribution is 7.60. The van der Waals surface area contributed by atoms with Gasteiger partial charge in [0, 0.05) is 6.20 Å². The van der Waals surface area contributed by atoms with E-state index in [0.29, 0.717) is 0 Å². The Bertz CT molecular complexity index is 778. The number of nitrogens with zero attached hydrogens (tertiary/aromatic N) is 2. The number of hydrogen-bond donors (Lipinski definition) is 6. The Labute approximate surface area is 139 Å². The van der Waals surface area contributed by atoms with Crippen molar-refractivity contribution < 1.29 is 47.6 Å². The molecule has 16 heteroatoms. The lowest BCUT2D eigenvalue weighted by atomic mass is 10.1. The van der Waals surface area contributed by atoms with Crippen LogP contribution >= 0.6 is 15.6 Å². The molecule has 7 N–H and O–H groups in total. The van der Waals surface area contributed by atoms with E-state index in [9.17, 15) is 24.1 Å². The first-order valence-electron chi connectivity index (χ1n) is 6.50. The lowest BCUT2D eigenvalue weighted by Gasteiger charge is -2.17. The van der Waals surface area contributed by atoms with Crippen molar-refractivity contribution >= 4 is 21.5 Å². The van der Waals surface area contributed by atoms with Crippen LogP contribution in [0.5, 0.6) is 0 Å². The Balaban J connectivity index is 2.08. The van der Waals surface area contributed by atoms with Crippen LogP contribution in [0.15, 0.2) is 17.1 Å². The molecule has 142 valence electrons. The van der Waals surface area contributed by atoms with Crippen molar-refractivity contribution in [3.05, 3.63) is 22.7 Å². The van der Waals surface area contributed by atoms with Gasteiger partial charge >= 0.3 is 21.3 Å². The highest BCUT2D eigenvalue weighted by atomic mass is 31.3. The Morgan fingerprint density at radius 3 is 2.48 bits per heavy atom. The monoisotopic (exact) mass is 403 g/mol. The van der Waals surface area contributed by atoms with Crippen LogP contribution < -0.4 is 11.4 Å². The molecule has 5 atom stereocenters. The molecule has 14 nitrogen and oxygen atoms in total. The Kier molecular flexibility index (Phi) is 5.81. The van der Waals surface area contributed by atoms with Crippen LogP contribution in [0.25, 0.3) is 0 Å². The second-order valence-corrected chi connectivity index (χ2v) is 7.75. The lowest BCUT2D eigenvalue weighted by Crippen LogP contribution is -2.36. The van der Waals surface area contributed by atoms with E-state index in [0.717, 1.165) is 10.8 Å². The zero-order chi connectivity index (χ0) is 19.0. The third-order valence-electron chi connectivity index (χ3n) is 3.07. The number of rotatable bonds is 6. The number of nitrogens with two attached hydrogens (primary N) is 1. The number of anilines is 1. The fourth-order valence-corrected chi connectivity index (χ4v) is 3.64. The van der Waals surface area contributed by atoms with Gasteiger partial charge < -0.3 is 35.4 Å². The number of phosphoric acid groups is 2. The van der Waals surface area contributed by atoms with Gasteiger partial charge in [0.25, 0.3) is 0 Å². The van der Waals surface area contributed by atoms with Crippen LogP contribution in [0.2, 0.25) is 0 Å². The molecule has 1 fully saturated rings. The summed E-state index contributed by atoms with van der Waals surface area (Å²) in [6.45, 7) is -0.875. The first kappa shape index (κ1) is 20.1. The molecule has 1 aromatic heterocycles. The summed E-state index contributed by atoms with van der Waals surface area (Å²) in [4.78, 5) is 41.3. The quantitative estimate of drug-likeness (QED) is 0.274. The van der Waals surface area contributed by atoms with Gasteiger partial charge in [-0.2, -0.15) is 9.29 Å². The number of ether oxygens (including phenoxy) is 1. The molecule has 1 aliphatic rings. The van der Waals surface area contributed by atoms with E-state index < -0.39 is 52.5 Å². The predicted molar refractivity (Wildman–Crippen MR) is 77.7 cm³/mol. The predicted octanol–water partition coefficient (Wildman–Crippen LogP) is -2.33. The van der Waals surface area contributed by atoms with E-state index in [1.54, 1.807) is 0 Å². The molecule has 0 aliphatic carbocycles. The second-order valence-electron chi connectivity index (χ2n) is 4.93. The van der Waals surface area contributed by atoms with Crippen LogP contribution in [-0.4, -0.2) is 59.4 Å². The van der Waals surface area contributed by atoms with Crippen LogP contribution in [0.4, 0.5) is 5.82 Å². The van der Waals surface area contributed by atoms with E-state index in [2.05, 4.69) is 13.8 Å². The Morgan fingerprint density at radius 1 is 1.28 bits per heavy atom. The maximum atomic E-state index is 11.7. The van der Waals surface area contributed by atoms with Crippen molar-refractivity contribution in [2.45, 2.75) is 24.5 Å². The number of aromatic nitrogens is 2. The van der Waals surface area contributed by atoms with E-state index in [1.807, 2.05) is 0 Å². The highest BCUT2D eigenvalue weighted by Gasteiger charge is 2.45. The fraction of sp³-hybridized carbons (Fsp3) is 0.556. The van der Waals surface area contributed by atoms with Gasteiger partial charge in [0.15, 0.2) is 6.23 Å². The molecule has 0 saturated carbocycles. The normalized spacial score (nSPS) is 29.5. The van der Waals surface area contributed by atoms with Gasteiger partial charge in [-0.3, -0.25) is 9.09 Å². The van der Waals surface area contributed by atoms with Crippen LogP contribution in [0.3, 0.4) is 0 Å². The number of hydrogen-bond acceptors (Lipinski definition) is 10. The van der Waals surface area contributed by atoms with Crippen LogP contribution in [0, 0.1) is 0 Å². The van der Waals surface area contributed by atoms with E-state index in [-0.39, 0.29) is 5.82 Å². The summed E-state index contributed by atoms with van der Waals surface area (Å²) < 4.78 is 35.8. The van der Waals surface area contributed by atoms with Crippen molar-refractivity contribution in [3.63, 3.8) is 0 Å². The zero-order valence-electron chi connectivity index (χ0n) is 12.2. The minimum Gasteiger partial charge on any atom is -0.387 e. The molecule has 1 aromatic rings. The summed E-state index contributed by atoms with van der Waals surface area (Å²) in [6, 6.07) is 1.24. The average Bonchev–Trinajstić information content (AvgIpc) is 2.71. The van der Waals surface area contributed by atoms with Crippen LogP contribution in [0.1, 0.15) is 6.23 Å². The number of phosphoric ester groups is 1. The molecule has 0 aromatic carbocycles. The zero-order valence-corrected chi connectivity index (χ0v) is 14.0. The van der Waals surface area contributed by atoms with Gasteiger partial charge in [-0.1, -0.05) is 0 Å². The molecule has 2 rings (SSSR count). The lowest BCUT2D eigenvalue weighted by molar-refractivity contribution is -0.0541. The molecule has 1 saturated heterocycles. The minimum absolute atomic E-state index is 0.0787. The summed E-state index contributed by atoms with van der Waals surface area (Å²) in [7, 11) is -10.5. The molecule has 1 aliphatic heterocycles. The largest absolute Gasteiger partial charge is 0.481 e. The van der Waals surface area contributed by atoms with Gasteiger partial charge in [0.2, 0.25) is 0 Å². The van der Waals surface area contributed by atoms with Crippen molar-refractivity contribution in [1.29, 1.82) is 0 Å². The highest BCUT2D eigenvalue weighted by Crippen LogP contribution is 2.57. The standard InChI is InChI=1S/C9H15N3O11P2/c10-5-1-2-12(9(15)11-5)8-7(14)6(13)4(22-8)3-21-25(19,20)23-24(16,17)18/h1-2,4,6-8,13-14H,3H2,(H,19,20)(H2,10,11,15)(H2,16,17,18)/t4-,6+,7+,8-/m1/s1. The minimum atomic E-state index is -5.30. The maximum absolute atomic E-state index is 11.7. The van der Waals surface area contributed by atoms with Crippen molar-refractivity contribution in [2.75, 3.05) is 12.3 Å². The Hall–Kier alpha value is -1.18. The van der Waals surface area contributed by atoms with Crippen molar-refractivity contribution in [2.24, 2.45) is 0 Å². The molecule has 0 spiro atoms. The van der Waals surface area contributed by atoms with Crippen molar-refractivity contribution in [3.8, 4) is 0 Å². The van der Waals surface area contributed by atoms with Gasteiger partial charge in [0.05, 0.1) is 6.61 Å². The summed E-state index contributed by atoms with van der Waals surface area (Å²) >= 11 is 0. The van der Waals surface area contributed by atoms with Gasteiger partial charge in [-0.15, -0.1) is 0 Å². The van der Waals surface area contributed by atoms with Crippen molar-refractivity contribution in [1.82, 2.24) is 9.55 Å². The Morgan fingerprint density at radius 2 is 1.92 bits per heavy atom. The summed E-state index contributed by atoms with van der Waals surface area (Å²) in [5.41, 5.74) is 4.45. The fourth-order valence-electron chi connectivity index (χ4n) is 2.04. The van der Waals surface area contributed by atoms with Gasteiger partial charge in [-0.05, 0) is 6.07 Å². The first-order chi connectivity index (χ1) is 11.4. The number of aliphatic hydroxyl groups is 2. The third-order valence-corrected chi connectivity index (χ3v) is 5.23. The number of nitrogen functional groups attached to an aromatic ring is 1. The molecule has 0 radical (unpaired) electrons. The topological polar surface area (TPSA) is 224 Å². The van der Waals surface area contributed by atoms with E-state index >= 15 is 0 Å². The third kappa shape index (κ3) is 5.15. The maximum Gasteiger partial charge on any atom is 0.481 e. The summed E-state index contributed by atoms with van der Waals surface area (Å²) in [5.74, 6) is -0.0787. The molecule has 1 unspecified atom stereocenters. The summed E-state index contributed by atoms with van der Waals surface area (Å²) in [6.07, 6.45) is -4.93. The molecule has 2 heterocycles. The average molecular weight is 403 g/mol. The molecular formula is C9H15N3O11P2. The van der Waals surface area contributed by atoms with Gasteiger partial charge in [-0.25, -0.2) is 13.9 Å². The first-order valence-corrected chi connectivity index (χ1v) is 9.53.